The molecule has 0 amide bonds. The summed E-state index contributed by atoms with van der Waals surface area (Å²) in [4.78, 5) is 25.1. The van der Waals surface area contributed by atoms with E-state index < -0.39 is 0 Å². The third kappa shape index (κ3) is 1.56. The Morgan fingerprint density at radius 2 is 2.13 bits per heavy atom. The number of nitrogens with one attached hydrogen (secondary N) is 1. The average molecular weight is 201 g/mol. The minimum absolute atomic E-state index is 0.0529. The summed E-state index contributed by atoms with van der Waals surface area (Å²) in [5.74, 6) is -0.125. The third-order valence-electron chi connectivity index (χ3n) is 2.44. The molecule has 1 aromatic carbocycles. The molecule has 0 radical (unpaired) electrons. The molecule has 0 saturated heterocycles. The Morgan fingerprint density at radius 1 is 1.40 bits per heavy atom. The van der Waals surface area contributed by atoms with Gasteiger partial charge in [-0.05, 0) is 13.0 Å². The van der Waals surface area contributed by atoms with Crippen molar-refractivity contribution in [2.24, 2.45) is 0 Å². The fourth-order valence-corrected chi connectivity index (χ4v) is 1.81. The van der Waals surface area contributed by atoms with Crippen LogP contribution in [0.2, 0.25) is 0 Å². The molecule has 0 atom stereocenters. The van der Waals surface area contributed by atoms with E-state index >= 15 is 0 Å². The zero-order valence-electron chi connectivity index (χ0n) is 8.41. The summed E-state index contributed by atoms with van der Waals surface area (Å²) in [6.45, 7) is 1.85. The number of fused-ring (bicyclic) bond motifs is 1. The first kappa shape index (κ1) is 9.65. The van der Waals surface area contributed by atoms with Gasteiger partial charge in [-0.15, -0.1) is 0 Å². The van der Waals surface area contributed by atoms with Crippen LogP contribution in [-0.2, 0) is 4.79 Å². The maximum atomic E-state index is 11.7. The molecule has 0 aliphatic carbocycles. The highest BCUT2D eigenvalue weighted by atomic mass is 16.1. The minimum Gasteiger partial charge on any atom is -0.358 e. The lowest BCUT2D eigenvalue weighted by atomic mass is 10.1. The largest absolute Gasteiger partial charge is 0.358 e. The van der Waals surface area contributed by atoms with Crippen molar-refractivity contribution in [3.05, 3.63) is 35.5 Å². The van der Waals surface area contributed by atoms with Gasteiger partial charge in [-0.25, -0.2) is 0 Å². The van der Waals surface area contributed by atoms with Gasteiger partial charge in [0, 0.05) is 22.2 Å². The molecule has 0 fully saturated rings. The van der Waals surface area contributed by atoms with Crippen LogP contribution in [-0.4, -0.2) is 17.1 Å². The third-order valence-corrected chi connectivity index (χ3v) is 2.44. The van der Waals surface area contributed by atoms with Gasteiger partial charge in [-0.3, -0.25) is 4.79 Å². The molecule has 0 unspecified atom stereocenters. The van der Waals surface area contributed by atoms with E-state index in [1.807, 2.05) is 31.2 Å². The zero-order valence-corrected chi connectivity index (χ0v) is 8.41. The highest BCUT2D eigenvalue weighted by Crippen LogP contribution is 2.22. The molecule has 1 N–H and O–H groups in total. The van der Waals surface area contributed by atoms with Gasteiger partial charge in [0.1, 0.15) is 6.29 Å². The van der Waals surface area contributed by atoms with E-state index in [2.05, 4.69) is 4.98 Å². The lowest BCUT2D eigenvalue weighted by Gasteiger charge is -1.96. The molecule has 0 aliphatic rings. The number of hydrogen-bond acceptors (Lipinski definition) is 2. The number of rotatable bonds is 3. The Labute approximate surface area is 87.1 Å². The first-order valence-corrected chi connectivity index (χ1v) is 4.78. The van der Waals surface area contributed by atoms with Crippen LogP contribution in [0.25, 0.3) is 10.9 Å². The summed E-state index contributed by atoms with van der Waals surface area (Å²) in [5.41, 5.74) is 2.39. The van der Waals surface area contributed by atoms with Crippen molar-refractivity contribution in [2.75, 3.05) is 0 Å². The number of H-pyrrole nitrogens is 1. The Kier molecular flexibility index (Phi) is 2.37. The molecular formula is C12H11NO2. The summed E-state index contributed by atoms with van der Waals surface area (Å²) < 4.78 is 0. The van der Waals surface area contributed by atoms with Gasteiger partial charge < -0.3 is 9.78 Å². The van der Waals surface area contributed by atoms with E-state index in [0.717, 1.165) is 16.6 Å². The normalized spacial score (nSPS) is 10.5. The second-order valence-electron chi connectivity index (χ2n) is 3.46. The maximum Gasteiger partial charge on any atom is 0.172 e. The van der Waals surface area contributed by atoms with Gasteiger partial charge in [0.15, 0.2) is 5.78 Å². The van der Waals surface area contributed by atoms with Crippen LogP contribution in [0.3, 0.4) is 0 Å². The van der Waals surface area contributed by atoms with E-state index in [1.54, 1.807) is 0 Å². The van der Waals surface area contributed by atoms with Crippen molar-refractivity contribution in [2.45, 2.75) is 13.3 Å². The second kappa shape index (κ2) is 3.69. The molecule has 0 saturated carbocycles. The van der Waals surface area contributed by atoms with E-state index in [9.17, 15) is 9.59 Å². The standard InChI is InChI=1S/C12H11NO2/c1-8-12(11(15)6-7-14)9-4-2-3-5-10(9)13-8/h2-5,7,13H,6H2,1H3. The fraction of sp³-hybridized carbons (Fsp3) is 0.167. The van der Waals surface area contributed by atoms with E-state index in [-0.39, 0.29) is 12.2 Å². The molecule has 1 heterocycles. The van der Waals surface area contributed by atoms with Crippen LogP contribution in [0.5, 0.6) is 0 Å². The van der Waals surface area contributed by atoms with E-state index in [4.69, 9.17) is 0 Å². The van der Waals surface area contributed by atoms with Crippen molar-refractivity contribution >= 4 is 23.0 Å². The number of para-hydroxylation sites is 1. The van der Waals surface area contributed by atoms with Gasteiger partial charge in [0.2, 0.25) is 0 Å². The van der Waals surface area contributed by atoms with Gasteiger partial charge in [-0.2, -0.15) is 0 Å². The molecule has 1 aromatic heterocycles. The minimum atomic E-state index is -0.125. The topological polar surface area (TPSA) is 49.9 Å². The Hall–Kier alpha value is -1.90. The average Bonchev–Trinajstić information content (AvgIpc) is 2.54. The molecule has 2 rings (SSSR count). The number of ketones is 1. The highest BCUT2D eigenvalue weighted by molar-refractivity contribution is 6.12. The smallest absolute Gasteiger partial charge is 0.172 e. The zero-order chi connectivity index (χ0) is 10.8. The number of carbonyl (C=O) groups excluding carboxylic acids is 2. The first-order chi connectivity index (χ1) is 7.24. The number of benzene rings is 1. The van der Waals surface area contributed by atoms with Crippen LogP contribution < -0.4 is 0 Å². The molecule has 0 bridgehead atoms. The second-order valence-corrected chi connectivity index (χ2v) is 3.46. The summed E-state index contributed by atoms with van der Waals surface area (Å²) in [6.07, 6.45) is 0.590. The molecular weight excluding hydrogens is 190 g/mol. The Bertz CT molecular complexity index is 525. The Balaban J connectivity index is 2.63. The number of aryl methyl sites for hydroxylation is 1. The fourth-order valence-electron chi connectivity index (χ4n) is 1.81. The predicted molar refractivity (Wildman–Crippen MR) is 58.0 cm³/mol. The lowest BCUT2D eigenvalue weighted by molar-refractivity contribution is -0.107. The van der Waals surface area contributed by atoms with Gasteiger partial charge in [0.05, 0.1) is 6.42 Å². The number of carbonyl (C=O) groups is 2. The SMILES string of the molecule is Cc1[nH]c2ccccc2c1C(=O)CC=O. The van der Waals surface area contributed by atoms with Crippen molar-refractivity contribution < 1.29 is 9.59 Å². The number of Topliss-reactive ketones (excluding diaryl/α,β-unsaturated/α-hetero) is 1. The van der Waals surface area contributed by atoms with Crippen molar-refractivity contribution in [1.82, 2.24) is 4.98 Å². The molecule has 0 aliphatic heterocycles. The van der Waals surface area contributed by atoms with Crippen molar-refractivity contribution in [1.29, 1.82) is 0 Å². The maximum absolute atomic E-state index is 11.7. The van der Waals surface area contributed by atoms with Gasteiger partial charge >= 0.3 is 0 Å². The number of aromatic amines is 1. The number of aromatic nitrogens is 1. The van der Waals surface area contributed by atoms with Crippen LogP contribution in [0, 0.1) is 6.92 Å². The quantitative estimate of drug-likeness (QED) is 0.470. The Morgan fingerprint density at radius 3 is 2.87 bits per heavy atom. The summed E-state index contributed by atoms with van der Waals surface area (Å²) >= 11 is 0. The molecule has 2 aromatic rings. The highest BCUT2D eigenvalue weighted by Gasteiger charge is 2.14. The van der Waals surface area contributed by atoms with E-state index in [1.165, 1.54) is 0 Å². The van der Waals surface area contributed by atoms with Crippen molar-refractivity contribution in [3.63, 3.8) is 0 Å². The van der Waals surface area contributed by atoms with Crippen molar-refractivity contribution in [3.8, 4) is 0 Å². The summed E-state index contributed by atoms with van der Waals surface area (Å²) in [5, 5.41) is 0.891. The lowest BCUT2D eigenvalue weighted by Crippen LogP contribution is -2.00. The van der Waals surface area contributed by atoms with Crippen LogP contribution in [0.15, 0.2) is 24.3 Å². The first-order valence-electron chi connectivity index (χ1n) is 4.78. The van der Waals surface area contributed by atoms with Gasteiger partial charge in [-0.1, -0.05) is 18.2 Å². The van der Waals surface area contributed by atoms with Crippen LogP contribution >= 0.6 is 0 Å². The van der Waals surface area contributed by atoms with Crippen LogP contribution in [0.4, 0.5) is 0 Å². The van der Waals surface area contributed by atoms with E-state index in [0.29, 0.717) is 11.8 Å². The molecule has 15 heavy (non-hydrogen) atoms. The van der Waals surface area contributed by atoms with Crippen LogP contribution in [0.1, 0.15) is 22.5 Å². The molecule has 76 valence electrons. The number of hydrogen-bond donors (Lipinski definition) is 1. The molecule has 0 spiro atoms. The monoisotopic (exact) mass is 201 g/mol. The molecule has 3 heteroatoms. The summed E-state index contributed by atoms with van der Waals surface area (Å²) in [6, 6.07) is 7.59. The molecule has 3 nitrogen and oxygen atoms in total. The summed E-state index contributed by atoms with van der Waals surface area (Å²) in [7, 11) is 0. The number of aldehydes is 1. The predicted octanol–water partition coefficient (Wildman–Crippen LogP) is 2.25. The van der Waals surface area contributed by atoms with Gasteiger partial charge in [0.25, 0.3) is 0 Å².